The molecule has 1 aliphatic carbocycles. The molecule has 1 aliphatic heterocycles. The summed E-state index contributed by atoms with van der Waals surface area (Å²) in [6, 6.07) is 7.01. The van der Waals surface area contributed by atoms with Crippen molar-refractivity contribution in [3.8, 4) is 0 Å². The van der Waals surface area contributed by atoms with Gasteiger partial charge in [-0.15, -0.1) is 0 Å². The molecule has 5 heteroatoms. The van der Waals surface area contributed by atoms with Gasteiger partial charge in [-0.05, 0) is 43.5 Å². The Balaban J connectivity index is 1.76. The summed E-state index contributed by atoms with van der Waals surface area (Å²) in [4.78, 5) is 23.6. The minimum atomic E-state index is -0.365. The molecule has 1 heterocycles. The highest BCUT2D eigenvalue weighted by molar-refractivity contribution is 9.10. The zero-order valence-corrected chi connectivity index (χ0v) is 12.3. The van der Waals surface area contributed by atoms with Crippen LogP contribution in [0.15, 0.2) is 39.9 Å². The Labute approximate surface area is 124 Å². The van der Waals surface area contributed by atoms with Crippen molar-refractivity contribution in [2.75, 3.05) is 6.61 Å². The van der Waals surface area contributed by atoms with E-state index in [1.165, 1.54) is 0 Å². The largest absolute Gasteiger partial charge is 0.458 e. The van der Waals surface area contributed by atoms with E-state index in [1.807, 2.05) is 0 Å². The van der Waals surface area contributed by atoms with Crippen molar-refractivity contribution in [3.63, 3.8) is 0 Å². The van der Waals surface area contributed by atoms with E-state index >= 15 is 0 Å². The fraction of sp³-hybridized carbons (Fsp3) is 0.333. The average molecular weight is 337 g/mol. The fourth-order valence-electron chi connectivity index (χ4n) is 2.55. The first-order valence-electron chi connectivity index (χ1n) is 6.51. The van der Waals surface area contributed by atoms with Crippen LogP contribution in [-0.2, 0) is 14.3 Å². The van der Waals surface area contributed by atoms with Crippen molar-refractivity contribution >= 4 is 27.9 Å². The van der Waals surface area contributed by atoms with Crippen molar-refractivity contribution < 1.29 is 19.1 Å². The third-order valence-corrected chi connectivity index (χ3v) is 4.13. The minimum Gasteiger partial charge on any atom is -0.458 e. The number of ether oxygens (including phenoxy) is 2. The van der Waals surface area contributed by atoms with Crippen LogP contribution < -0.4 is 0 Å². The molecule has 1 aromatic carbocycles. The van der Waals surface area contributed by atoms with E-state index in [1.54, 1.807) is 24.3 Å². The van der Waals surface area contributed by atoms with Gasteiger partial charge in [-0.3, -0.25) is 0 Å². The molecule has 1 atom stereocenters. The van der Waals surface area contributed by atoms with Gasteiger partial charge in [-0.25, -0.2) is 9.59 Å². The second kappa shape index (κ2) is 5.40. The van der Waals surface area contributed by atoms with Crippen LogP contribution in [0.5, 0.6) is 0 Å². The molecule has 3 rings (SSSR count). The van der Waals surface area contributed by atoms with Crippen LogP contribution in [-0.4, -0.2) is 24.6 Å². The monoisotopic (exact) mass is 336 g/mol. The summed E-state index contributed by atoms with van der Waals surface area (Å²) in [5.41, 5.74) is 2.04. The Kier molecular flexibility index (Phi) is 3.61. The van der Waals surface area contributed by atoms with Gasteiger partial charge in [0.15, 0.2) is 0 Å². The molecule has 0 spiro atoms. The molecule has 2 aliphatic rings. The summed E-state index contributed by atoms with van der Waals surface area (Å²) in [6.07, 6.45) is 1.98. The normalized spacial score (nSPS) is 21.4. The van der Waals surface area contributed by atoms with Gasteiger partial charge >= 0.3 is 11.9 Å². The highest BCUT2D eigenvalue weighted by Crippen LogP contribution is 2.32. The zero-order chi connectivity index (χ0) is 14.1. The molecule has 1 aromatic rings. The van der Waals surface area contributed by atoms with Gasteiger partial charge in [-0.1, -0.05) is 15.9 Å². The lowest BCUT2D eigenvalue weighted by Gasteiger charge is -2.22. The van der Waals surface area contributed by atoms with Crippen LogP contribution in [0.3, 0.4) is 0 Å². The van der Waals surface area contributed by atoms with Crippen LogP contribution in [0.4, 0.5) is 0 Å². The molecular formula is C15H13BrO4. The molecule has 4 nitrogen and oxygen atoms in total. The number of hydrogen-bond donors (Lipinski definition) is 0. The quantitative estimate of drug-likeness (QED) is 0.779. The Morgan fingerprint density at radius 1 is 1.30 bits per heavy atom. The molecule has 0 N–H and O–H groups in total. The van der Waals surface area contributed by atoms with E-state index in [-0.39, 0.29) is 24.6 Å². The van der Waals surface area contributed by atoms with E-state index in [0.29, 0.717) is 11.1 Å². The molecule has 0 saturated carbocycles. The lowest BCUT2D eigenvalue weighted by Crippen LogP contribution is -2.24. The molecule has 0 aromatic heterocycles. The van der Waals surface area contributed by atoms with Crippen molar-refractivity contribution in [2.24, 2.45) is 0 Å². The number of benzene rings is 1. The SMILES string of the molecule is O=C1OCC2=C1CCC[C@H]2OC(=O)c1ccc(Br)cc1. The van der Waals surface area contributed by atoms with Gasteiger partial charge in [0.05, 0.1) is 5.56 Å². The summed E-state index contributed by atoms with van der Waals surface area (Å²) in [5, 5.41) is 0. The average Bonchev–Trinajstić information content (AvgIpc) is 2.82. The van der Waals surface area contributed by atoms with Gasteiger partial charge in [-0.2, -0.15) is 0 Å². The van der Waals surface area contributed by atoms with Crippen LogP contribution in [0.1, 0.15) is 29.6 Å². The number of carbonyl (C=O) groups excluding carboxylic acids is 2. The molecular weight excluding hydrogens is 324 g/mol. The smallest absolute Gasteiger partial charge is 0.338 e. The standard InChI is InChI=1S/C15H13BrO4/c16-10-6-4-9(5-7-10)14(17)20-13-3-1-2-11-12(13)8-19-15(11)18/h4-7,13H,1-3,8H2/t13-/m1/s1. The van der Waals surface area contributed by atoms with Crippen LogP contribution in [0.25, 0.3) is 0 Å². The van der Waals surface area contributed by atoms with Gasteiger partial charge in [0, 0.05) is 15.6 Å². The molecule has 0 unspecified atom stereocenters. The number of halogens is 1. The summed E-state index contributed by atoms with van der Waals surface area (Å²) >= 11 is 3.32. The maximum atomic E-state index is 12.1. The first-order valence-corrected chi connectivity index (χ1v) is 7.30. The van der Waals surface area contributed by atoms with E-state index in [0.717, 1.165) is 29.3 Å². The van der Waals surface area contributed by atoms with Crippen molar-refractivity contribution in [1.82, 2.24) is 0 Å². The number of cyclic esters (lactones) is 1. The molecule has 0 bridgehead atoms. The fourth-order valence-corrected chi connectivity index (χ4v) is 2.81. The van der Waals surface area contributed by atoms with Crippen molar-refractivity contribution in [1.29, 1.82) is 0 Å². The topological polar surface area (TPSA) is 52.6 Å². The number of rotatable bonds is 2. The maximum absolute atomic E-state index is 12.1. The molecule has 0 fully saturated rings. The Morgan fingerprint density at radius 2 is 2.05 bits per heavy atom. The predicted octanol–water partition coefficient (Wildman–Crippen LogP) is 3.01. The molecule has 0 amide bonds. The van der Waals surface area contributed by atoms with Crippen LogP contribution in [0.2, 0.25) is 0 Å². The highest BCUT2D eigenvalue weighted by atomic mass is 79.9. The third kappa shape index (κ3) is 2.50. The minimum absolute atomic E-state index is 0.256. The van der Waals surface area contributed by atoms with Gasteiger partial charge in [0.2, 0.25) is 0 Å². The summed E-state index contributed by atoms with van der Waals surface area (Å²) < 4.78 is 11.5. The Hall–Kier alpha value is -1.62. The van der Waals surface area contributed by atoms with Crippen molar-refractivity contribution in [2.45, 2.75) is 25.4 Å². The zero-order valence-electron chi connectivity index (χ0n) is 10.7. The molecule has 104 valence electrons. The lowest BCUT2D eigenvalue weighted by atomic mass is 9.91. The second-order valence-electron chi connectivity index (χ2n) is 4.87. The van der Waals surface area contributed by atoms with Crippen LogP contribution >= 0.6 is 15.9 Å². The van der Waals surface area contributed by atoms with Crippen molar-refractivity contribution in [3.05, 3.63) is 45.4 Å². The highest BCUT2D eigenvalue weighted by Gasteiger charge is 2.35. The molecule has 0 radical (unpaired) electrons. The van der Waals surface area contributed by atoms with E-state index in [2.05, 4.69) is 15.9 Å². The second-order valence-corrected chi connectivity index (χ2v) is 5.79. The maximum Gasteiger partial charge on any atom is 0.338 e. The summed E-state index contributed by atoms with van der Waals surface area (Å²) in [7, 11) is 0. The van der Waals surface area contributed by atoms with E-state index in [4.69, 9.17) is 9.47 Å². The molecule has 0 saturated heterocycles. The Morgan fingerprint density at radius 3 is 2.80 bits per heavy atom. The van der Waals surface area contributed by atoms with Gasteiger partial charge in [0.1, 0.15) is 12.7 Å². The molecule has 20 heavy (non-hydrogen) atoms. The van der Waals surface area contributed by atoms with E-state index in [9.17, 15) is 9.59 Å². The number of hydrogen-bond acceptors (Lipinski definition) is 4. The third-order valence-electron chi connectivity index (χ3n) is 3.60. The van der Waals surface area contributed by atoms with Crippen LogP contribution in [0, 0.1) is 0 Å². The summed E-state index contributed by atoms with van der Waals surface area (Å²) in [6.45, 7) is 0.256. The number of carbonyl (C=O) groups is 2. The summed E-state index contributed by atoms with van der Waals surface area (Å²) in [5.74, 6) is -0.625. The van der Waals surface area contributed by atoms with Gasteiger partial charge < -0.3 is 9.47 Å². The van der Waals surface area contributed by atoms with E-state index < -0.39 is 0 Å². The Bertz CT molecular complexity index is 588. The first kappa shape index (κ1) is 13.4. The predicted molar refractivity (Wildman–Crippen MR) is 75.2 cm³/mol. The number of esters is 2. The van der Waals surface area contributed by atoms with Gasteiger partial charge in [0.25, 0.3) is 0 Å². The lowest BCUT2D eigenvalue weighted by molar-refractivity contribution is -0.136. The first-order chi connectivity index (χ1) is 9.65.